The minimum Gasteiger partial charge on any atom is -0.439 e. The van der Waals surface area contributed by atoms with Crippen LogP contribution in [0.15, 0.2) is 83.5 Å². The third-order valence-corrected chi connectivity index (χ3v) is 6.80. The van der Waals surface area contributed by atoms with E-state index < -0.39 is 5.97 Å². The summed E-state index contributed by atoms with van der Waals surface area (Å²) in [6, 6.07) is 21.0. The Hall–Kier alpha value is -4.18. The molecule has 0 bridgehead atoms. The van der Waals surface area contributed by atoms with E-state index in [2.05, 4.69) is 20.3 Å². The van der Waals surface area contributed by atoms with Crippen molar-refractivity contribution in [2.24, 2.45) is 0 Å². The van der Waals surface area contributed by atoms with Crippen LogP contribution < -0.4 is 5.32 Å². The zero-order valence-electron chi connectivity index (χ0n) is 21.0. The van der Waals surface area contributed by atoms with Crippen LogP contribution in [0.4, 0.5) is 11.7 Å². The summed E-state index contributed by atoms with van der Waals surface area (Å²) in [6.07, 6.45) is 3.39. The quantitative estimate of drug-likeness (QED) is 0.248. The van der Waals surface area contributed by atoms with E-state index in [4.69, 9.17) is 25.5 Å². The Morgan fingerprint density at radius 3 is 2.59 bits per heavy atom. The third-order valence-electron chi connectivity index (χ3n) is 6.54. The fourth-order valence-corrected chi connectivity index (χ4v) is 4.56. The number of nitrogens with one attached hydrogen (secondary N) is 1. The Morgan fingerprint density at radius 1 is 1.00 bits per heavy atom. The Balaban J connectivity index is 1.06. The molecule has 1 aliphatic rings. The number of carbonyl (C=O) groups is 1. The highest BCUT2D eigenvalue weighted by molar-refractivity contribution is 6.30. The number of hydrogen-bond donors (Lipinski definition) is 1. The highest BCUT2D eigenvalue weighted by Gasteiger charge is 2.13. The molecule has 39 heavy (non-hydrogen) atoms. The van der Waals surface area contributed by atoms with Gasteiger partial charge in [-0.15, -0.1) is 0 Å². The topological polar surface area (TPSA) is 94.7 Å². The Bertz CT molecular complexity index is 1570. The molecular weight excluding hydrogens is 518 g/mol. The summed E-state index contributed by atoms with van der Waals surface area (Å²) < 4.78 is 18.4. The van der Waals surface area contributed by atoms with Crippen LogP contribution in [0.25, 0.3) is 22.2 Å². The summed E-state index contributed by atoms with van der Waals surface area (Å²) in [5.41, 5.74) is 4.17. The van der Waals surface area contributed by atoms with Crippen molar-refractivity contribution in [3.05, 3.63) is 95.3 Å². The lowest BCUT2D eigenvalue weighted by Gasteiger charge is -2.26. The number of carbonyl (C=O) groups excluding carboxylic acids is 1. The van der Waals surface area contributed by atoms with Crippen molar-refractivity contribution in [2.45, 2.75) is 13.3 Å². The second-order valence-electron chi connectivity index (χ2n) is 9.23. The van der Waals surface area contributed by atoms with Crippen LogP contribution in [0.3, 0.4) is 0 Å². The van der Waals surface area contributed by atoms with Gasteiger partial charge in [-0.2, -0.15) is 5.10 Å². The standard InChI is InChI=1S/C29H26ClN5O4/c30-24-7-5-21(6-8-24)27-17-31-29(39-27)33-25-9-10-26-23(15-25)16-32-35(26)19-38-28(36)22-3-1-20(2-4-22)18-34-11-13-37-14-12-34/h1-10,15-17H,11-14,18-19H2,(H,31,33). The molecule has 0 unspecified atom stereocenters. The van der Waals surface area contributed by atoms with Gasteiger partial charge >= 0.3 is 5.97 Å². The summed E-state index contributed by atoms with van der Waals surface area (Å²) in [6.45, 7) is 4.21. The molecule has 1 saturated heterocycles. The Kier molecular flexibility index (Phi) is 7.27. The molecule has 3 aromatic carbocycles. The summed E-state index contributed by atoms with van der Waals surface area (Å²) in [4.78, 5) is 19.3. The first kappa shape index (κ1) is 25.1. The molecule has 3 heterocycles. The van der Waals surface area contributed by atoms with Gasteiger partial charge in [0.1, 0.15) is 0 Å². The molecule has 0 amide bonds. The molecule has 0 atom stereocenters. The molecule has 5 aromatic rings. The zero-order valence-corrected chi connectivity index (χ0v) is 21.8. The second-order valence-corrected chi connectivity index (χ2v) is 9.66. The molecule has 2 aromatic heterocycles. The molecule has 198 valence electrons. The second kappa shape index (κ2) is 11.3. The smallest absolute Gasteiger partial charge is 0.339 e. The van der Waals surface area contributed by atoms with Crippen molar-refractivity contribution in [1.29, 1.82) is 0 Å². The highest BCUT2D eigenvalue weighted by Crippen LogP contribution is 2.27. The number of aromatic nitrogens is 3. The summed E-state index contributed by atoms with van der Waals surface area (Å²) in [7, 11) is 0. The van der Waals surface area contributed by atoms with Gasteiger partial charge < -0.3 is 19.2 Å². The van der Waals surface area contributed by atoms with Gasteiger partial charge in [-0.3, -0.25) is 4.90 Å². The first-order chi connectivity index (χ1) is 19.1. The van der Waals surface area contributed by atoms with E-state index in [9.17, 15) is 4.79 Å². The minimum atomic E-state index is -0.393. The van der Waals surface area contributed by atoms with Crippen LogP contribution in [0.1, 0.15) is 15.9 Å². The number of anilines is 2. The van der Waals surface area contributed by atoms with Gasteiger partial charge in [-0.1, -0.05) is 23.7 Å². The van der Waals surface area contributed by atoms with E-state index in [0.29, 0.717) is 22.4 Å². The molecule has 10 heteroatoms. The lowest BCUT2D eigenvalue weighted by Crippen LogP contribution is -2.35. The maximum atomic E-state index is 12.6. The van der Waals surface area contributed by atoms with Gasteiger partial charge in [-0.25, -0.2) is 14.5 Å². The van der Waals surface area contributed by atoms with Crippen LogP contribution in [-0.4, -0.2) is 51.9 Å². The van der Waals surface area contributed by atoms with E-state index in [0.717, 1.165) is 60.6 Å². The molecule has 1 N–H and O–H groups in total. The molecule has 1 fully saturated rings. The molecule has 9 nitrogen and oxygen atoms in total. The number of oxazole rings is 1. The van der Waals surface area contributed by atoms with Crippen molar-refractivity contribution in [3.8, 4) is 11.3 Å². The zero-order chi connectivity index (χ0) is 26.6. The third kappa shape index (κ3) is 5.96. The highest BCUT2D eigenvalue weighted by atomic mass is 35.5. The van der Waals surface area contributed by atoms with Gasteiger partial charge in [0.25, 0.3) is 6.01 Å². The molecule has 0 aliphatic carbocycles. The van der Waals surface area contributed by atoms with Crippen LogP contribution >= 0.6 is 11.6 Å². The van der Waals surface area contributed by atoms with Crippen LogP contribution in [0.5, 0.6) is 0 Å². The Morgan fingerprint density at radius 2 is 1.79 bits per heavy atom. The van der Waals surface area contributed by atoms with Gasteiger partial charge in [0, 0.05) is 41.3 Å². The fourth-order valence-electron chi connectivity index (χ4n) is 4.44. The fraction of sp³-hybridized carbons (Fsp3) is 0.207. The molecule has 0 spiro atoms. The molecule has 1 aliphatic heterocycles. The van der Waals surface area contributed by atoms with Crippen molar-refractivity contribution in [3.63, 3.8) is 0 Å². The lowest BCUT2D eigenvalue weighted by molar-refractivity contribution is 0.0341. The van der Waals surface area contributed by atoms with Crippen LogP contribution in [-0.2, 0) is 22.7 Å². The number of fused-ring (bicyclic) bond motifs is 1. The number of esters is 1. The average molecular weight is 544 g/mol. The van der Waals surface area contributed by atoms with E-state index in [1.807, 2.05) is 42.5 Å². The summed E-state index contributed by atoms with van der Waals surface area (Å²) in [5.74, 6) is 0.242. The number of benzene rings is 3. The number of nitrogens with zero attached hydrogens (tertiary/aromatic N) is 4. The Labute approximate surface area is 229 Å². The van der Waals surface area contributed by atoms with Gasteiger partial charge in [0.2, 0.25) is 0 Å². The molecule has 0 saturated carbocycles. The average Bonchev–Trinajstić information content (AvgIpc) is 3.60. The van der Waals surface area contributed by atoms with Crippen molar-refractivity contribution in [1.82, 2.24) is 19.7 Å². The largest absolute Gasteiger partial charge is 0.439 e. The first-order valence-corrected chi connectivity index (χ1v) is 13.0. The summed E-state index contributed by atoms with van der Waals surface area (Å²) >= 11 is 5.96. The van der Waals surface area contributed by atoms with E-state index >= 15 is 0 Å². The number of rotatable bonds is 8. The number of ether oxygens (including phenoxy) is 2. The van der Waals surface area contributed by atoms with Gasteiger partial charge in [-0.05, 0) is 60.2 Å². The molecule has 6 rings (SSSR count). The summed E-state index contributed by atoms with van der Waals surface area (Å²) in [5, 5.41) is 9.10. The predicted octanol–water partition coefficient (Wildman–Crippen LogP) is 5.74. The normalized spacial score (nSPS) is 14.0. The number of halogens is 1. The minimum absolute atomic E-state index is 0.00876. The van der Waals surface area contributed by atoms with E-state index in [1.165, 1.54) is 0 Å². The number of hydrogen-bond acceptors (Lipinski definition) is 8. The number of morpholine rings is 1. The van der Waals surface area contributed by atoms with Gasteiger partial charge in [0.15, 0.2) is 12.5 Å². The van der Waals surface area contributed by atoms with Crippen molar-refractivity contribution < 1.29 is 18.7 Å². The van der Waals surface area contributed by atoms with Gasteiger partial charge in [0.05, 0.1) is 36.7 Å². The molecule has 0 radical (unpaired) electrons. The van der Waals surface area contributed by atoms with Crippen molar-refractivity contribution in [2.75, 3.05) is 31.6 Å². The van der Waals surface area contributed by atoms with E-state index in [1.54, 1.807) is 41.3 Å². The van der Waals surface area contributed by atoms with Crippen LogP contribution in [0, 0.1) is 0 Å². The lowest BCUT2D eigenvalue weighted by atomic mass is 10.1. The maximum Gasteiger partial charge on any atom is 0.339 e. The maximum absolute atomic E-state index is 12.6. The predicted molar refractivity (Wildman–Crippen MR) is 148 cm³/mol. The monoisotopic (exact) mass is 543 g/mol. The van der Waals surface area contributed by atoms with Crippen LogP contribution in [0.2, 0.25) is 5.02 Å². The first-order valence-electron chi connectivity index (χ1n) is 12.6. The SMILES string of the molecule is O=C(OCn1ncc2cc(Nc3ncc(-c4ccc(Cl)cc4)o3)ccc21)c1ccc(CN2CCOCC2)cc1. The van der Waals surface area contributed by atoms with Crippen molar-refractivity contribution >= 4 is 40.2 Å². The molecular formula is C29H26ClN5O4. The van der Waals surface area contributed by atoms with E-state index in [-0.39, 0.29) is 6.73 Å².